The third kappa shape index (κ3) is 5.19. The number of likely N-dealkylation sites (tertiary alicyclic amines) is 1. The normalized spacial score (nSPS) is 19.8. The lowest BCUT2D eigenvalue weighted by Crippen LogP contribution is -2.45. The molecular formula is C24H29N3O4S. The highest BCUT2D eigenvalue weighted by molar-refractivity contribution is 7.89. The van der Waals surface area contributed by atoms with Crippen LogP contribution >= 0.6 is 0 Å². The number of hydrogen-bond acceptors (Lipinski definition) is 4. The first kappa shape index (κ1) is 22.5. The summed E-state index contributed by atoms with van der Waals surface area (Å²) >= 11 is 0. The number of sulfonamides is 1. The highest BCUT2D eigenvalue weighted by atomic mass is 32.2. The largest absolute Gasteiger partial charge is 0.352 e. The lowest BCUT2D eigenvalue weighted by molar-refractivity contribution is -0.128. The Bertz CT molecular complexity index is 1050. The maximum atomic E-state index is 12.9. The third-order valence-corrected chi connectivity index (χ3v) is 8.05. The van der Waals surface area contributed by atoms with Gasteiger partial charge in [0.05, 0.1) is 10.8 Å². The van der Waals surface area contributed by atoms with E-state index in [1.807, 2.05) is 29.2 Å². The monoisotopic (exact) mass is 455 g/mol. The van der Waals surface area contributed by atoms with Gasteiger partial charge in [0.25, 0.3) is 0 Å². The van der Waals surface area contributed by atoms with E-state index in [2.05, 4.69) is 5.32 Å². The van der Waals surface area contributed by atoms with E-state index >= 15 is 0 Å². The quantitative estimate of drug-likeness (QED) is 0.695. The molecule has 0 aromatic heterocycles. The summed E-state index contributed by atoms with van der Waals surface area (Å²) < 4.78 is 27.2. The number of rotatable bonds is 7. The molecule has 0 spiro atoms. The van der Waals surface area contributed by atoms with E-state index in [0.717, 1.165) is 24.1 Å². The molecule has 32 heavy (non-hydrogen) atoms. The van der Waals surface area contributed by atoms with Crippen LogP contribution in [-0.2, 0) is 32.7 Å². The first-order valence-electron chi connectivity index (χ1n) is 11.1. The topological polar surface area (TPSA) is 86.8 Å². The van der Waals surface area contributed by atoms with Crippen LogP contribution in [-0.4, -0.2) is 49.1 Å². The summed E-state index contributed by atoms with van der Waals surface area (Å²) in [5.41, 5.74) is 2.05. The second-order valence-corrected chi connectivity index (χ2v) is 10.4. The third-order valence-electron chi connectivity index (χ3n) is 6.17. The number of carbonyl (C=O) groups excluding carboxylic acids is 2. The Labute approximate surface area is 189 Å². The predicted molar refractivity (Wildman–Crippen MR) is 121 cm³/mol. The minimum Gasteiger partial charge on any atom is -0.352 e. The Morgan fingerprint density at radius 2 is 1.69 bits per heavy atom. The molecule has 2 amide bonds. The summed E-state index contributed by atoms with van der Waals surface area (Å²) in [5, 5.41) is 2.96. The van der Waals surface area contributed by atoms with Crippen molar-refractivity contribution in [1.29, 1.82) is 0 Å². The summed E-state index contributed by atoms with van der Waals surface area (Å²) in [6, 6.07) is 16.3. The molecule has 4 rings (SSSR count). The second-order valence-electron chi connectivity index (χ2n) is 8.47. The Morgan fingerprint density at radius 1 is 0.969 bits per heavy atom. The van der Waals surface area contributed by atoms with E-state index in [9.17, 15) is 18.0 Å². The van der Waals surface area contributed by atoms with Crippen LogP contribution in [0.1, 0.15) is 36.8 Å². The molecule has 2 heterocycles. The highest BCUT2D eigenvalue weighted by Crippen LogP contribution is 2.24. The number of hydrogen-bond donors (Lipinski definition) is 1. The first-order chi connectivity index (χ1) is 15.4. The molecule has 0 aliphatic carbocycles. The summed E-state index contributed by atoms with van der Waals surface area (Å²) in [6.07, 6.45) is 2.90. The molecular weight excluding hydrogens is 426 g/mol. The Kier molecular flexibility index (Phi) is 6.91. The van der Waals surface area contributed by atoms with E-state index in [4.69, 9.17) is 0 Å². The van der Waals surface area contributed by atoms with Crippen LogP contribution < -0.4 is 5.32 Å². The van der Waals surface area contributed by atoms with Crippen molar-refractivity contribution in [2.24, 2.45) is 5.92 Å². The average Bonchev–Trinajstić information content (AvgIpc) is 3.23. The molecule has 8 heteroatoms. The van der Waals surface area contributed by atoms with Crippen LogP contribution in [0, 0.1) is 5.92 Å². The number of amides is 2. The maximum Gasteiger partial charge on any atom is 0.243 e. The summed E-state index contributed by atoms with van der Waals surface area (Å²) in [6.45, 7) is 2.46. The predicted octanol–water partition coefficient (Wildman–Crippen LogP) is 2.53. The zero-order valence-corrected chi connectivity index (χ0v) is 18.9. The fourth-order valence-corrected chi connectivity index (χ4v) is 5.85. The van der Waals surface area contributed by atoms with Gasteiger partial charge in [0, 0.05) is 39.1 Å². The fraction of sp³-hybridized carbons (Fsp3) is 0.417. The molecule has 170 valence electrons. The van der Waals surface area contributed by atoms with Crippen molar-refractivity contribution < 1.29 is 18.0 Å². The minimum atomic E-state index is -3.59. The van der Waals surface area contributed by atoms with Crippen molar-refractivity contribution in [3.05, 3.63) is 65.7 Å². The van der Waals surface area contributed by atoms with E-state index in [1.54, 1.807) is 30.3 Å². The van der Waals surface area contributed by atoms with E-state index in [0.29, 0.717) is 38.9 Å². The van der Waals surface area contributed by atoms with Crippen LogP contribution in [0.4, 0.5) is 0 Å². The number of carbonyl (C=O) groups is 2. The molecule has 0 bridgehead atoms. The van der Waals surface area contributed by atoms with Crippen LogP contribution in [0.5, 0.6) is 0 Å². The van der Waals surface area contributed by atoms with Crippen molar-refractivity contribution in [2.45, 2.75) is 43.7 Å². The molecule has 2 aliphatic heterocycles. The highest BCUT2D eigenvalue weighted by Gasteiger charge is 2.33. The van der Waals surface area contributed by atoms with Gasteiger partial charge in [-0.05, 0) is 42.5 Å². The van der Waals surface area contributed by atoms with Gasteiger partial charge in [0.15, 0.2) is 0 Å². The standard InChI is InChI=1S/C24H29N3O4S/c28-23-9-5-14-26(23)17-20-12-10-19(11-13-20)16-25-24(29)21-6-4-15-27(18-21)32(30,31)22-7-2-1-3-8-22/h1-3,7-8,10-13,21H,4-6,9,14-18H2,(H,25,29). The number of benzene rings is 2. The van der Waals surface area contributed by atoms with Crippen LogP contribution in [0.15, 0.2) is 59.5 Å². The van der Waals surface area contributed by atoms with Crippen molar-refractivity contribution in [3.63, 3.8) is 0 Å². The number of nitrogens with zero attached hydrogens (tertiary/aromatic N) is 2. The van der Waals surface area contributed by atoms with Crippen LogP contribution in [0.3, 0.4) is 0 Å². The molecule has 1 unspecified atom stereocenters. The van der Waals surface area contributed by atoms with Gasteiger partial charge in [-0.3, -0.25) is 9.59 Å². The number of nitrogens with one attached hydrogen (secondary N) is 1. The molecule has 7 nitrogen and oxygen atoms in total. The minimum absolute atomic E-state index is 0.121. The lowest BCUT2D eigenvalue weighted by Gasteiger charge is -2.31. The molecule has 2 aromatic carbocycles. The van der Waals surface area contributed by atoms with Crippen molar-refractivity contribution in [2.75, 3.05) is 19.6 Å². The van der Waals surface area contributed by atoms with Gasteiger partial charge in [-0.25, -0.2) is 8.42 Å². The van der Waals surface area contributed by atoms with Crippen molar-refractivity contribution in [1.82, 2.24) is 14.5 Å². The molecule has 0 radical (unpaired) electrons. The zero-order valence-electron chi connectivity index (χ0n) is 18.1. The smallest absolute Gasteiger partial charge is 0.243 e. The molecule has 2 aliphatic rings. The summed E-state index contributed by atoms with van der Waals surface area (Å²) in [7, 11) is -3.59. The molecule has 2 saturated heterocycles. The van der Waals surface area contributed by atoms with Gasteiger partial charge in [-0.1, -0.05) is 42.5 Å². The van der Waals surface area contributed by atoms with Crippen molar-refractivity contribution in [3.8, 4) is 0 Å². The van der Waals surface area contributed by atoms with Gasteiger partial charge >= 0.3 is 0 Å². The van der Waals surface area contributed by atoms with Crippen LogP contribution in [0.2, 0.25) is 0 Å². The Morgan fingerprint density at radius 3 is 2.38 bits per heavy atom. The van der Waals surface area contributed by atoms with Crippen molar-refractivity contribution >= 4 is 21.8 Å². The van der Waals surface area contributed by atoms with E-state index < -0.39 is 10.0 Å². The fourth-order valence-electron chi connectivity index (χ4n) is 4.30. The first-order valence-corrected chi connectivity index (χ1v) is 12.6. The molecule has 1 N–H and O–H groups in total. The van der Waals surface area contributed by atoms with Gasteiger partial charge in [-0.2, -0.15) is 4.31 Å². The molecule has 2 aromatic rings. The van der Waals surface area contributed by atoms with Gasteiger partial charge in [0.2, 0.25) is 21.8 Å². The van der Waals surface area contributed by atoms with E-state index in [-0.39, 0.29) is 29.2 Å². The van der Waals surface area contributed by atoms with Gasteiger partial charge in [-0.15, -0.1) is 0 Å². The molecule has 2 fully saturated rings. The molecule has 1 atom stereocenters. The Hall–Kier alpha value is -2.71. The molecule has 0 saturated carbocycles. The van der Waals surface area contributed by atoms with E-state index in [1.165, 1.54) is 4.31 Å². The SMILES string of the molecule is O=C(NCc1ccc(CN2CCCC2=O)cc1)C1CCCN(S(=O)(=O)c2ccccc2)C1. The van der Waals surface area contributed by atoms with Gasteiger partial charge < -0.3 is 10.2 Å². The average molecular weight is 456 g/mol. The second kappa shape index (κ2) is 9.83. The zero-order chi connectivity index (χ0) is 22.6. The summed E-state index contributed by atoms with van der Waals surface area (Å²) in [4.78, 5) is 26.6. The Balaban J connectivity index is 1.30. The maximum absolute atomic E-state index is 12.9. The lowest BCUT2D eigenvalue weighted by atomic mass is 9.98. The van der Waals surface area contributed by atoms with Crippen LogP contribution in [0.25, 0.3) is 0 Å². The number of piperidine rings is 1. The summed E-state index contributed by atoms with van der Waals surface area (Å²) in [5.74, 6) is -0.274. The van der Waals surface area contributed by atoms with Gasteiger partial charge in [0.1, 0.15) is 0 Å².